The molecule has 25 heavy (non-hydrogen) atoms. The second-order valence-electron chi connectivity index (χ2n) is 5.55. The van der Waals surface area contributed by atoms with E-state index in [0.29, 0.717) is 11.3 Å². The van der Waals surface area contributed by atoms with E-state index in [1.54, 1.807) is 31.5 Å². The Morgan fingerprint density at radius 3 is 2.68 bits per heavy atom. The molecule has 1 amide bonds. The van der Waals surface area contributed by atoms with E-state index in [4.69, 9.17) is 4.74 Å². The van der Waals surface area contributed by atoms with E-state index in [2.05, 4.69) is 15.0 Å². The first-order valence-corrected chi connectivity index (χ1v) is 9.15. The number of pyridine rings is 1. The number of nitrogens with one attached hydrogen (secondary N) is 2. The minimum Gasteiger partial charge on any atom is -0.496 e. The summed E-state index contributed by atoms with van der Waals surface area (Å²) in [5.41, 5.74) is 1.52. The van der Waals surface area contributed by atoms with Gasteiger partial charge in [0.1, 0.15) is 5.75 Å². The maximum absolute atomic E-state index is 12.4. The number of aromatic nitrogens is 1. The average Bonchev–Trinajstić information content (AvgIpc) is 2.60. The van der Waals surface area contributed by atoms with Crippen molar-refractivity contribution in [3.63, 3.8) is 0 Å². The minimum atomic E-state index is -3.81. The third-order valence-corrected chi connectivity index (χ3v) is 5.13. The fraction of sp³-hybridized carbons (Fsp3) is 0.294. The lowest BCUT2D eigenvalue weighted by Gasteiger charge is -2.15. The third-order valence-electron chi connectivity index (χ3n) is 3.59. The Bertz CT molecular complexity index is 838. The summed E-state index contributed by atoms with van der Waals surface area (Å²) in [5, 5.41) is 2.68. The number of rotatable bonds is 7. The number of carbonyl (C=O) groups excluding carboxylic acids is 1. The molecule has 0 bridgehead atoms. The van der Waals surface area contributed by atoms with Crippen LogP contribution < -0.4 is 14.8 Å². The number of aryl methyl sites for hydroxylation is 1. The van der Waals surface area contributed by atoms with Gasteiger partial charge in [-0.3, -0.25) is 9.78 Å². The van der Waals surface area contributed by atoms with E-state index >= 15 is 0 Å². The van der Waals surface area contributed by atoms with Gasteiger partial charge in [-0.25, -0.2) is 8.42 Å². The zero-order chi connectivity index (χ0) is 18.4. The van der Waals surface area contributed by atoms with Crippen molar-refractivity contribution in [2.45, 2.75) is 31.3 Å². The predicted molar refractivity (Wildman–Crippen MR) is 93.6 cm³/mol. The SMILES string of the molecule is COc1ccc(S(=O)(=O)N[C@@H](C)C(=O)NCc2cccnc2)cc1C. The molecule has 7 nitrogen and oxygen atoms in total. The van der Waals surface area contributed by atoms with E-state index in [1.807, 2.05) is 6.07 Å². The van der Waals surface area contributed by atoms with Crippen LogP contribution in [0.3, 0.4) is 0 Å². The number of sulfonamides is 1. The third kappa shape index (κ3) is 5.01. The Balaban J connectivity index is 2.01. The van der Waals surface area contributed by atoms with Crippen LogP contribution in [0.1, 0.15) is 18.1 Å². The fourth-order valence-corrected chi connectivity index (χ4v) is 3.51. The van der Waals surface area contributed by atoms with Crippen LogP contribution in [0.15, 0.2) is 47.6 Å². The van der Waals surface area contributed by atoms with Gasteiger partial charge in [0.25, 0.3) is 0 Å². The highest BCUT2D eigenvalue weighted by atomic mass is 32.2. The van der Waals surface area contributed by atoms with Gasteiger partial charge in [0.15, 0.2) is 0 Å². The summed E-state index contributed by atoms with van der Waals surface area (Å²) >= 11 is 0. The van der Waals surface area contributed by atoms with Gasteiger partial charge in [0, 0.05) is 18.9 Å². The Hall–Kier alpha value is -2.45. The van der Waals surface area contributed by atoms with Crippen molar-refractivity contribution in [3.8, 4) is 5.75 Å². The van der Waals surface area contributed by atoms with E-state index in [1.165, 1.54) is 26.2 Å². The molecule has 2 rings (SSSR count). The molecule has 8 heteroatoms. The molecule has 0 radical (unpaired) electrons. The largest absolute Gasteiger partial charge is 0.496 e. The highest BCUT2D eigenvalue weighted by molar-refractivity contribution is 7.89. The summed E-state index contributed by atoms with van der Waals surface area (Å²) in [5.74, 6) is 0.180. The number of ether oxygens (including phenoxy) is 1. The Morgan fingerprint density at radius 1 is 1.32 bits per heavy atom. The van der Waals surface area contributed by atoms with Crippen LogP contribution in [0, 0.1) is 6.92 Å². The van der Waals surface area contributed by atoms with Gasteiger partial charge in [-0.15, -0.1) is 0 Å². The zero-order valence-corrected chi connectivity index (χ0v) is 15.1. The normalized spacial score (nSPS) is 12.4. The summed E-state index contributed by atoms with van der Waals surface area (Å²) < 4.78 is 32.4. The van der Waals surface area contributed by atoms with Crippen LogP contribution in [0.5, 0.6) is 5.75 Å². The second kappa shape index (κ2) is 8.09. The van der Waals surface area contributed by atoms with Gasteiger partial charge < -0.3 is 10.1 Å². The first-order valence-electron chi connectivity index (χ1n) is 7.67. The smallest absolute Gasteiger partial charge is 0.241 e. The molecular weight excluding hydrogens is 342 g/mol. The maximum atomic E-state index is 12.4. The van der Waals surface area contributed by atoms with Crippen LogP contribution in [0.2, 0.25) is 0 Å². The number of benzene rings is 1. The Labute approximate surface area is 147 Å². The van der Waals surface area contributed by atoms with E-state index in [9.17, 15) is 13.2 Å². The van der Waals surface area contributed by atoms with Crippen molar-refractivity contribution in [3.05, 3.63) is 53.9 Å². The van der Waals surface area contributed by atoms with Crippen LogP contribution in [0.25, 0.3) is 0 Å². The summed E-state index contributed by atoms with van der Waals surface area (Å²) in [7, 11) is -2.30. The second-order valence-corrected chi connectivity index (χ2v) is 7.27. The maximum Gasteiger partial charge on any atom is 0.241 e. The molecule has 0 saturated heterocycles. The van der Waals surface area contributed by atoms with Gasteiger partial charge >= 0.3 is 0 Å². The summed E-state index contributed by atoms with van der Waals surface area (Å²) in [6.07, 6.45) is 3.27. The van der Waals surface area contributed by atoms with Crippen LogP contribution in [0.4, 0.5) is 0 Å². The average molecular weight is 363 g/mol. The summed E-state index contributed by atoms with van der Waals surface area (Å²) in [4.78, 5) is 16.2. The molecule has 0 fully saturated rings. The number of hydrogen-bond donors (Lipinski definition) is 2. The highest BCUT2D eigenvalue weighted by Crippen LogP contribution is 2.21. The van der Waals surface area contributed by atoms with Crippen molar-refractivity contribution in [1.29, 1.82) is 0 Å². The molecule has 1 atom stereocenters. The van der Waals surface area contributed by atoms with Crippen LogP contribution in [-0.2, 0) is 21.4 Å². The summed E-state index contributed by atoms with van der Waals surface area (Å²) in [6.45, 7) is 3.52. The molecule has 2 N–H and O–H groups in total. The molecule has 1 aromatic carbocycles. The van der Waals surface area contributed by atoms with E-state index in [-0.39, 0.29) is 11.4 Å². The van der Waals surface area contributed by atoms with Gasteiger partial charge in [-0.2, -0.15) is 4.72 Å². The Kier molecular flexibility index (Phi) is 6.11. The molecule has 0 aliphatic rings. The molecule has 1 aromatic heterocycles. The standard InChI is InChI=1S/C17H21N3O4S/c1-12-9-15(6-7-16(12)24-3)25(22,23)20-13(2)17(21)19-11-14-5-4-8-18-10-14/h4-10,13,20H,11H2,1-3H3,(H,19,21)/t13-/m0/s1. The lowest BCUT2D eigenvalue weighted by atomic mass is 10.2. The van der Waals surface area contributed by atoms with Crippen molar-refractivity contribution < 1.29 is 17.9 Å². The van der Waals surface area contributed by atoms with Crippen molar-refractivity contribution in [2.24, 2.45) is 0 Å². The number of hydrogen-bond acceptors (Lipinski definition) is 5. The van der Waals surface area contributed by atoms with Gasteiger partial charge in [-0.05, 0) is 49.2 Å². The predicted octanol–water partition coefficient (Wildman–Crippen LogP) is 1.38. The van der Waals surface area contributed by atoms with E-state index in [0.717, 1.165) is 5.56 Å². The quantitative estimate of drug-likeness (QED) is 0.775. The van der Waals surface area contributed by atoms with Crippen molar-refractivity contribution >= 4 is 15.9 Å². The van der Waals surface area contributed by atoms with Crippen molar-refractivity contribution in [1.82, 2.24) is 15.0 Å². The van der Waals surface area contributed by atoms with Gasteiger partial charge in [-0.1, -0.05) is 6.07 Å². The molecule has 0 aliphatic carbocycles. The van der Waals surface area contributed by atoms with Crippen molar-refractivity contribution in [2.75, 3.05) is 7.11 Å². The lowest BCUT2D eigenvalue weighted by molar-refractivity contribution is -0.122. The molecule has 134 valence electrons. The number of carbonyl (C=O) groups is 1. The number of methoxy groups -OCH3 is 1. The monoisotopic (exact) mass is 363 g/mol. The molecule has 0 spiro atoms. The number of nitrogens with zero attached hydrogens (tertiary/aromatic N) is 1. The lowest BCUT2D eigenvalue weighted by Crippen LogP contribution is -2.44. The molecule has 0 saturated carbocycles. The zero-order valence-electron chi connectivity index (χ0n) is 14.3. The molecule has 0 aliphatic heterocycles. The Morgan fingerprint density at radius 2 is 2.08 bits per heavy atom. The van der Waals surface area contributed by atoms with Crippen LogP contribution in [-0.4, -0.2) is 32.5 Å². The molecule has 2 aromatic rings. The van der Waals surface area contributed by atoms with Crippen LogP contribution >= 0.6 is 0 Å². The van der Waals surface area contributed by atoms with E-state index < -0.39 is 22.0 Å². The highest BCUT2D eigenvalue weighted by Gasteiger charge is 2.22. The van der Waals surface area contributed by atoms with Gasteiger partial charge in [0.05, 0.1) is 18.0 Å². The number of amides is 1. The molecule has 1 heterocycles. The first kappa shape index (κ1) is 18.9. The minimum absolute atomic E-state index is 0.0812. The first-order chi connectivity index (χ1) is 11.8. The molecular formula is C17H21N3O4S. The topological polar surface area (TPSA) is 97.4 Å². The summed E-state index contributed by atoms with van der Waals surface area (Å²) in [6, 6.07) is 7.19. The molecule has 0 unspecified atom stereocenters. The van der Waals surface area contributed by atoms with Gasteiger partial charge in [0.2, 0.25) is 15.9 Å². The fourth-order valence-electron chi connectivity index (χ4n) is 2.22.